The van der Waals surface area contributed by atoms with Crippen molar-refractivity contribution in [2.45, 2.75) is 46.2 Å². The number of nitrogens with zero attached hydrogens (tertiary/aromatic N) is 6. The van der Waals surface area contributed by atoms with Crippen LogP contribution in [-0.2, 0) is 0 Å². The van der Waals surface area contributed by atoms with E-state index in [0.717, 1.165) is 31.3 Å². The molecule has 5 rings (SSSR count). The van der Waals surface area contributed by atoms with Crippen LogP contribution in [0.4, 0.5) is 20.5 Å². The third-order valence-corrected chi connectivity index (χ3v) is 6.60. The molecule has 0 aliphatic carbocycles. The van der Waals surface area contributed by atoms with Gasteiger partial charge in [-0.2, -0.15) is 0 Å². The van der Waals surface area contributed by atoms with Crippen molar-refractivity contribution >= 4 is 22.8 Å². The molecule has 7 nitrogen and oxygen atoms in total. The molecule has 1 N–H and O–H groups in total. The maximum Gasteiger partial charge on any atom is 0.229 e. The second kappa shape index (κ2) is 9.73. The molecule has 0 bridgehead atoms. The van der Waals surface area contributed by atoms with E-state index in [0.29, 0.717) is 22.7 Å². The summed E-state index contributed by atoms with van der Waals surface area (Å²) in [7, 11) is 0. The Morgan fingerprint density at radius 1 is 0.972 bits per heavy atom. The topological polar surface area (TPSA) is 71.8 Å². The summed E-state index contributed by atoms with van der Waals surface area (Å²) < 4.78 is 31.6. The number of hydrogen-bond donors (Lipinski definition) is 1. The van der Waals surface area contributed by atoms with Gasteiger partial charge < -0.3 is 9.88 Å². The van der Waals surface area contributed by atoms with Gasteiger partial charge in [0.1, 0.15) is 22.9 Å². The van der Waals surface area contributed by atoms with Gasteiger partial charge in [-0.3, -0.25) is 4.90 Å². The minimum Gasteiger partial charge on any atom is -0.326 e. The minimum atomic E-state index is -0.639. The van der Waals surface area contributed by atoms with E-state index in [4.69, 9.17) is 0 Å². The van der Waals surface area contributed by atoms with E-state index in [9.17, 15) is 8.78 Å². The number of aryl methyl sites for hydroxylation is 1. The highest BCUT2D eigenvalue weighted by Gasteiger charge is 2.19. The van der Waals surface area contributed by atoms with Gasteiger partial charge in [0.15, 0.2) is 11.6 Å². The number of anilines is 2. The fourth-order valence-electron chi connectivity index (χ4n) is 4.75. The summed E-state index contributed by atoms with van der Waals surface area (Å²) in [6.45, 7) is 9.94. The normalized spacial score (nSPS) is 15.1. The first-order valence-corrected chi connectivity index (χ1v) is 12.1. The van der Waals surface area contributed by atoms with Gasteiger partial charge >= 0.3 is 0 Å². The number of pyridine rings is 1. The zero-order valence-corrected chi connectivity index (χ0v) is 20.8. The fourth-order valence-corrected chi connectivity index (χ4v) is 4.75. The predicted molar refractivity (Wildman–Crippen MR) is 137 cm³/mol. The van der Waals surface area contributed by atoms with Gasteiger partial charge in [0, 0.05) is 36.9 Å². The van der Waals surface area contributed by atoms with E-state index < -0.39 is 11.6 Å². The Bertz CT molecular complexity index is 1430. The average molecular weight is 490 g/mol. The first-order valence-electron chi connectivity index (χ1n) is 12.1. The van der Waals surface area contributed by atoms with E-state index in [2.05, 4.69) is 49.2 Å². The highest BCUT2D eigenvalue weighted by Crippen LogP contribution is 2.30. The highest BCUT2D eigenvalue weighted by atomic mass is 19.1. The molecule has 0 saturated carbocycles. The zero-order valence-electron chi connectivity index (χ0n) is 20.8. The highest BCUT2D eigenvalue weighted by molar-refractivity contribution is 5.83. The van der Waals surface area contributed by atoms with Gasteiger partial charge in [0.05, 0.1) is 11.7 Å². The number of aromatic nitrogens is 5. The molecule has 186 valence electrons. The Hall–Kier alpha value is -3.72. The number of imidazole rings is 1. The molecule has 0 radical (unpaired) electrons. The lowest BCUT2D eigenvalue weighted by molar-refractivity contribution is 0.230. The van der Waals surface area contributed by atoms with Crippen LogP contribution in [0.15, 0.2) is 48.8 Å². The van der Waals surface area contributed by atoms with Gasteiger partial charge in [-0.25, -0.2) is 28.7 Å². The van der Waals surface area contributed by atoms with Gasteiger partial charge in [-0.05, 0) is 57.9 Å². The molecule has 0 saturated heterocycles. The molecule has 0 amide bonds. The molecule has 0 fully saturated rings. The number of fused-ring (bicyclic) bond motifs is 1. The van der Waals surface area contributed by atoms with Crippen molar-refractivity contribution in [3.63, 3.8) is 0 Å². The lowest BCUT2D eigenvalue weighted by Gasteiger charge is -2.29. The van der Waals surface area contributed by atoms with Gasteiger partial charge in [0.25, 0.3) is 0 Å². The van der Waals surface area contributed by atoms with Gasteiger partial charge in [0.2, 0.25) is 5.95 Å². The van der Waals surface area contributed by atoms with Crippen LogP contribution < -0.4 is 5.32 Å². The Morgan fingerprint density at radius 2 is 1.81 bits per heavy atom. The van der Waals surface area contributed by atoms with Crippen LogP contribution in [0.2, 0.25) is 0 Å². The first kappa shape index (κ1) is 24.0. The van der Waals surface area contributed by atoms with Crippen LogP contribution in [0, 0.1) is 18.6 Å². The van der Waals surface area contributed by atoms with E-state index in [-0.39, 0.29) is 29.2 Å². The summed E-state index contributed by atoms with van der Waals surface area (Å²) >= 11 is 0. The van der Waals surface area contributed by atoms with Crippen LogP contribution in [0.1, 0.15) is 50.7 Å². The molecule has 1 atom stereocenters. The second-order valence-electron chi connectivity index (χ2n) is 9.37. The Balaban J connectivity index is 1.42. The average Bonchev–Trinajstić information content (AvgIpc) is 3.22. The SMILES string of the molecule is Cc1nc2c(F)cc(-c3nc(Nc4ccc([C@H](C)N5CC=CCC5)cn4)ncc3F)cc2n1C(C)C. The monoisotopic (exact) mass is 489 g/mol. The number of rotatable bonds is 6. The molecule has 9 heteroatoms. The van der Waals surface area contributed by atoms with E-state index in [1.54, 1.807) is 6.07 Å². The van der Waals surface area contributed by atoms with Crippen LogP contribution in [-0.4, -0.2) is 42.5 Å². The molecule has 0 unspecified atom stereocenters. The number of benzene rings is 1. The Labute approximate surface area is 208 Å². The quantitative estimate of drug-likeness (QED) is 0.329. The van der Waals surface area contributed by atoms with Crippen LogP contribution in [0.25, 0.3) is 22.3 Å². The molecule has 4 heterocycles. The smallest absolute Gasteiger partial charge is 0.229 e. The van der Waals surface area contributed by atoms with Crippen LogP contribution in [0.3, 0.4) is 0 Å². The second-order valence-corrected chi connectivity index (χ2v) is 9.37. The lowest BCUT2D eigenvalue weighted by atomic mass is 10.1. The van der Waals surface area contributed by atoms with Crippen molar-refractivity contribution in [1.29, 1.82) is 0 Å². The fraction of sp³-hybridized carbons (Fsp3) is 0.333. The summed E-state index contributed by atoms with van der Waals surface area (Å²) in [5.74, 6) is 0.252. The van der Waals surface area contributed by atoms with Crippen molar-refractivity contribution in [1.82, 2.24) is 29.4 Å². The number of nitrogens with one attached hydrogen (secondary N) is 1. The van der Waals surface area contributed by atoms with E-state index >= 15 is 0 Å². The lowest BCUT2D eigenvalue weighted by Crippen LogP contribution is -2.30. The molecule has 4 aromatic rings. The maximum absolute atomic E-state index is 14.9. The maximum atomic E-state index is 14.9. The summed E-state index contributed by atoms with van der Waals surface area (Å²) in [4.78, 5) is 19.7. The number of hydrogen-bond acceptors (Lipinski definition) is 6. The molecule has 0 spiro atoms. The summed E-state index contributed by atoms with van der Waals surface area (Å²) in [6, 6.07) is 7.17. The summed E-state index contributed by atoms with van der Waals surface area (Å²) in [5.41, 5.74) is 2.29. The molecule has 1 aromatic carbocycles. The van der Waals surface area contributed by atoms with E-state index in [1.807, 2.05) is 43.7 Å². The molecule has 1 aliphatic heterocycles. The third kappa shape index (κ3) is 4.58. The Morgan fingerprint density at radius 3 is 2.50 bits per heavy atom. The first-order chi connectivity index (χ1) is 17.3. The van der Waals surface area contributed by atoms with Crippen molar-refractivity contribution in [2.24, 2.45) is 0 Å². The van der Waals surface area contributed by atoms with Crippen molar-refractivity contribution in [3.8, 4) is 11.3 Å². The molecular formula is C27H29F2N7. The van der Waals surface area contributed by atoms with Gasteiger partial charge in [-0.15, -0.1) is 0 Å². The van der Waals surface area contributed by atoms with E-state index in [1.165, 1.54) is 6.07 Å². The van der Waals surface area contributed by atoms with Crippen molar-refractivity contribution < 1.29 is 8.78 Å². The largest absolute Gasteiger partial charge is 0.326 e. The number of halogens is 2. The van der Waals surface area contributed by atoms with Crippen molar-refractivity contribution in [2.75, 3.05) is 18.4 Å². The minimum absolute atomic E-state index is 0.00542. The molecule has 1 aliphatic rings. The Kier molecular flexibility index (Phi) is 6.49. The van der Waals surface area contributed by atoms with Crippen LogP contribution in [0.5, 0.6) is 0 Å². The predicted octanol–water partition coefficient (Wildman–Crippen LogP) is 6.12. The van der Waals surface area contributed by atoms with Crippen molar-refractivity contribution in [3.05, 3.63) is 71.8 Å². The standard InChI is InChI=1S/C27H29F2N7/c1-16(2)36-18(4)32-26-21(28)12-20(13-23(26)36)25-22(29)15-31-27(34-25)33-24-9-8-19(14-30-24)17(3)35-10-6-5-7-11-35/h5-6,8-9,12-17H,7,10-11H2,1-4H3,(H,30,31,33,34)/t17-/m0/s1. The molecular weight excluding hydrogens is 460 g/mol. The summed E-state index contributed by atoms with van der Waals surface area (Å²) in [5, 5.41) is 3.04. The zero-order chi connectivity index (χ0) is 25.4. The van der Waals surface area contributed by atoms with Crippen LogP contribution >= 0.6 is 0 Å². The van der Waals surface area contributed by atoms with Gasteiger partial charge in [-0.1, -0.05) is 18.2 Å². The molecule has 36 heavy (non-hydrogen) atoms. The third-order valence-electron chi connectivity index (χ3n) is 6.60. The molecule has 3 aromatic heterocycles. The summed E-state index contributed by atoms with van der Waals surface area (Å²) in [6.07, 6.45) is 8.36.